The molecule has 5 aromatic rings. The van der Waals surface area contributed by atoms with Crippen LogP contribution in [0.2, 0.25) is 0 Å². The van der Waals surface area contributed by atoms with Gasteiger partial charge >= 0.3 is 6.18 Å². The van der Waals surface area contributed by atoms with Gasteiger partial charge in [0.15, 0.2) is 11.5 Å². The molecule has 3 N–H and O–H groups in total. The monoisotopic (exact) mass is 537 g/mol. The summed E-state index contributed by atoms with van der Waals surface area (Å²) in [6.07, 6.45) is 0.250. The highest BCUT2D eigenvalue weighted by molar-refractivity contribution is 5.86. The van der Waals surface area contributed by atoms with E-state index >= 15 is 0 Å². The maximum Gasteiger partial charge on any atom is 0.434 e. The molecule has 1 aromatic carbocycles. The summed E-state index contributed by atoms with van der Waals surface area (Å²) < 4.78 is 42.6. The highest BCUT2D eigenvalue weighted by Gasteiger charge is 2.35. The number of benzene rings is 1. The van der Waals surface area contributed by atoms with Crippen molar-refractivity contribution >= 4 is 33.7 Å². The molecule has 202 valence electrons. The number of para-hydroxylation sites is 1. The minimum Gasteiger partial charge on any atom is -0.368 e. The summed E-state index contributed by atoms with van der Waals surface area (Å²) in [7, 11) is 0. The van der Waals surface area contributed by atoms with Crippen molar-refractivity contribution in [2.75, 3.05) is 23.7 Å². The largest absolute Gasteiger partial charge is 0.434 e. The van der Waals surface area contributed by atoms with E-state index in [9.17, 15) is 18.0 Å². The number of aromatic amines is 1. The van der Waals surface area contributed by atoms with E-state index in [4.69, 9.17) is 0 Å². The fourth-order valence-electron chi connectivity index (χ4n) is 4.99. The predicted molar refractivity (Wildman–Crippen MR) is 141 cm³/mol. The molecule has 0 saturated carbocycles. The molecule has 6 rings (SSSR count). The average molecular weight is 538 g/mol. The number of fused-ring (bicyclic) bond motifs is 3. The van der Waals surface area contributed by atoms with Crippen molar-refractivity contribution < 1.29 is 13.2 Å². The zero-order chi connectivity index (χ0) is 27.0. The van der Waals surface area contributed by atoms with Crippen LogP contribution >= 0.6 is 0 Å². The highest BCUT2D eigenvalue weighted by atomic mass is 19.4. The predicted octanol–water partition coefficient (Wildman–Crippen LogP) is 4.06. The molecule has 0 aliphatic carbocycles. The fourth-order valence-corrected chi connectivity index (χ4v) is 4.99. The molecule has 0 spiro atoms. The second-order valence-corrected chi connectivity index (χ2v) is 9.64. The quantitative estimate of drug-likeness (QED) is 0.256. The van der Waals surface area contributed by atoms with Gasteiger partial charge < -0.3 is 15.2 Å². The van der Waals surface area contributed by atoms with Gasteiger partial charge in [-0.25, -0.2) is 9.97 Å². The summed E-state index contributed by atoms with van der Waals surface area (Å²) in [6, 6.07) is 11.1. The number of hydrogen-bond acceptors (Lipinski definition) is 7. The molecule has 4 aromatic heterocycles. The van der Waals surface area contributed by atoms with Crippen LogP contribution in [-0.2, 0) is 25.7 Å². The molecule has 1 unspecified atom stereocenters. The number of alkyl halides is 3. The molecule has 1 aliphatic heterocycles. The molecule has 0 amide bonds. The van der Waals surface area contributed by atoms with E-state index in [-0.39, 0.29) is 11.5 Å². The average Bonchev–Trinajstić information content (AvgIpc) is 3.51. The number of anilines is 2. The van der Waals surface area contributed by atoms with Gasteiger partial charge in [0.05, 0.1) is 16.4 Å². The lowest BCUT2D eigenvalue weighted by molar-refractivity contribution is -0.141. The molecule has 0 radical (unpaired) electrons. The number of nitrogens with zero attached hydrogens (tertiary/aromatic N) is 6. The first-order chi connectivity index (χ1) is 18.8. The van der Waals surface area contributed by atoms with Gasteiger partial charge in [0, 0.05) is 45.0 Å². The molecule has 0 saturated heterocycles. The maximum absolute atomic E-state index is 13.1. The van der Waals surface area contributed by atoms with Crippen molar-refractivity contribution in [3.63, 3.8) is 0 Å². The Morgan fingerprint density at radius 2 is 1.95 bits per heavy atom. The number of rotatable bonds is 8. The Balaban J connectivity index is 1.11. The molecule has 0 fully saturated rings. The van der Waals surface area contributed by atoms with Gasteiger partial charge in [0.2, 0.25) is 5.95 Å². The van der Waals surface area contributed by atoms with E-state index in [0.29, 0.717) is 66.6 Å². The van der Waals surface area contributed by atoms with Gasteiger partial charge in [0.1, 0.15) is 11.3 Å². The van der Waals surface area contributed by atoms with E-state index < -0.39 is 11.9 Å². The fraction of sp³-hybridized carbons (Fsp3) is 0.346. The van der Waals surface area contributed by atoms with Gasteiger partial charge in [-0.15, -0.1) is 0 Å². The highest BCUT2D eigenvalue weighted by Crippen LogP contribution is 2.31. The van der Waals surface area contributed by atoms with Gasteiger partial charge in [-0.05, 0) is 43.0 Å². The smallest absolute Gasteiger partial charge is 0.368 e. The van der Waals surface area contributed by atoms with Crippen LogP contribution in [0, 0.1) is 5.92 Å². The molecule has 1 aliphatic rings. The summed E-state index contributed by atoms with van der Waals surface area (Å²) in [5.74, 6) is 1.59. The number of aryl methyl sites for hydroxylation is 2. The summed E-state index contributed by atoms with van der Waals surface area (Å²) in [5.41, 5.74) is 1.21. The molecule has 1 atom stereocenters. The second-order valence-electron chi connectivity index (χ2n) is 9.64. The second kappa shape index (κ2) is 10.0. The Labute approximate surface area is 220 Å². The first-order valence-electron chi connectivity index (χ1n) is 12.8. The zero-order valence-corrected chi connectivity index (χ0v) is 20.9. The summed E-state index contributed by atoms with van der Waals surface area (Å²) in [6.45, 7) is 2.16. The molecule has 13 heteroatoms. The minimum absolute atomic E-state index is 0.108. The van der Waals surface area contributed by atoms with E-state index in [0.717, 1.165) is 24.6 Å². The van der Waals surface area contributed by atoms with Crippen LogP contribution in [0.1, 0.15) is 24.4 Å². The number of halogens is 3. The molecule has 5 heterocycles. The van der Waals surface area contributed by atoms with Crippen molar-refractivity contribution in [2.45, 2.75) is 38.5 Å². The third-order valence-electron chi connectivity index (χ3n) is 6.91. The Morgan fingerprint density at radius 1 is 1.08 bits per heavy atom. The van der Waals surface area contributed by atoms with Crippen LogP contribution in [0.25, 0.3) is 21.9 Å². The van der Waals surface area contributed by atoms with E-state index in [1.807, 2.05) is 28.9 Å². The van der Waals surface area contributed by atoms with Gasteiger partial charge in [-0.3, -0.25) is 19.6 Å². The maximum atomic E-state index is 13.1. The number of imidazole rings is 1. The minimum atomic E-state index is -4.44. The Kier molecular flexibility index (Phi) is 6.41. The molecule has 10 nitrogen and oxygen atoms in total. The molecular weight excluding hydrogens is 511 g/mol. The first-order valence-corrected chi connectivity index (χ1v) is 12.8. The van der Waals surface area contributed by atoms with E-state index in [1.54, 1.807) is 22.9 Å². The Morgan fingerprint density at radius 3 is 2.82 bits per heavy atom. The molecule has 39 heavy (non-hydrogen) atoms. The van der Waals surface area contributed by atoms with Crippen LogP contribution < -0.4 is 16.2 Å². The number of nitrogens with one attached hydrogen (secondary N) is 3. The molecule has 0 bridgehead atoms. The topological polar surface area (TPSA) is 118 Å². The normalized spacial score (nSPS) is 15.5. The lowest BCUT2D eigenvalue weighted by Crippen LogP contribution is -2.26. The van der Waals surface area contributed by atoms with Crippen LogP contribution in [0.5, 0.6) is 0 Å². The van der Waals surface area contributed by atoms with Crippen LogP contribution in [0.4, 0.5) is 24.9 Å². The van der Waals surface area contributed by atoms with Crippen LogP contribution in [0.15, 0.2) is 53.6 Å². The van der Waals surface area contributed by atoms with Crippen molar-refractivity contribution in [2.24, 2.45) is 5.92 Å². The number of pyridine rings is 1. The lowest BCUT2D eigenvalue weighted by Gasteiger charge is -2.24. The van der Waals surface area contributed by atoms with Crippen molar-refractivity contribution in [1.82, 2.24) is 34.3 Å². The van der Waals surface area contributed by atoms with E-state index in [2.05, 4.69) is 35.7 Å². The SMILES string of the molecule is O=c1[nH]n(CCCNc2nc(NCC3CCc4nc(C(F)(F)F)cn4C3)c3ncccc3n2)c2ccccc12. The van der Waals surface area contributed by atoms with Crippen molar-refractivity contribution in [3.05, 3.63) is 70.7 Å². The molecular formula is C26H26F3N9O. The summed E-state index contributed by atoms with van der Waals surface area (Å²) in [4.78, 5) is 29.5. The third-order valence-corrected chi connectivity index (χ3v) is 6.91. The standard InChI is InChI=1S/C26H26F3N9O/c27-26(28,29)20-15-37-14-16(8-9-21(37)34-20)13-32-23-22-18(6-3-10-30-22)33-25(35-23)31-11-4-12-38-19-7-2-1-5-17(19)24(39)36-38/h1-3,5-7,10,15-16H,4,8-9,11-14H2,(H,36,39)(H2,31,32,33,35). The van der Waals surface area contributed by atoms with Gasteiger partial charge in [0.25, 0.3) is 5.56 Å². The van der Waals surface area contributed by atoms with E-state index in [1.165, 1.54) is 0 Å². The Bertz CT molecular complexity index is 1690. The zero-order valence-electron chi connectivity index (χ0n) is 20.9. The van der Waals surface area contributed by atoms with Crippen molar-refractivity contribution in [3.8, 4) is 0 Å². The lowest BCUT2D eigenvalue weighted by atomic mass is 9.99. The summed E-state index contributed by atoms with van der Waals surface area (Å²) >= 11 is 0. The van der Waals surface area contributed by atoms with Crippen LogP contribution in [-0.4, -0.2) is 47.4 Å². The van der Waals surface area contributed by atoms with Gasteiger partial charge in [-0.2, -0.15) is 18.2 Å². The Hall–Kier alpha value is -4.42. The third kappa shape index (κ3) is 5.16. The van der Waals surface area contributed by atoms with Crippen molar-refractivity contribution in [1.29, 1.82) is 0 Å². The number of aromatic nitrogens is 7. The first kappa shape index (κ1) is 24.9. The van der Waals surface area contributed by atoms with Crippen LogP contribution in [0.3, 0.4) is 0 Å². The number of hydrogen-bond donors (Lipinski definition) is 3. The van der Waals surface area contributed by atoms with Gasteiger partial charge in [-0.1, -0.05) is 12.1 Å². The summed E-state index contributed by atoms with van der Waals surface area (Å²) in [5, 5.41) is 10.1. The number of H-pyrrole nitrogens is 1.